The second kappa shape index (κ2) is 3.73. The molecule has 16 heavy (non-hydrogen) atoms. The van der Waals surface area contributed by atoms with Crippen LogP contribution in [0, 0.1) is 10.1 Å². The molecule has 0 aliphatic carbocycles. The summed E-state index contributed by atoms with van der Waals surface area (Å²) < 4.78 is 0. The van der Waals surface area contributed by atoms with Crippen molar-refractivity contribution in [3.63, 3.8) is 0 Å². The maximum Gasteiger partial charge on any atom is 0.315 e. The lowest BCUT2D eigenvalue weighted by Gasteiger charge is -1.96. The van der Waals surface area contributed by atoms with E-state index in [0.29, 0.717) is 11.3 Å². The van der Waals surface area contributed by atoms with Gasteiger partial charge in [0.05, 0.1) is 16.5 Å². The zero-order chi connectivity index (χ0) is 11.9. The number of nitrogens with zero attached hydrogens (tertiary/aromatic N) is 2. The molecule has 0 spiro atoms. The molecule has 3 N–H and O–H groups in total. The van der Waals surface area contributed by atoms with E-state index in [4.69, 9.17) is 17.3 Å². The van der Waals surface area contributed by atoms with Gasteiger partial charge in [-0.15, -0.1) is 0 Å². The third-order valence-corrected chi connectivity index (χ3v) is 2.52. The maximum atomic E-state index is 10.9. The zero-order valence-electron chi connectivity index (χ0n) is 8.40. The van der Waals surface area contributed by atoms with Gasteiger partial charge >= 0.3 is 5.69 Å². The van der Waals surface area contributed by atoms with Crippen LogP contribution in [0.15, 0.2) is 12.1 Å². The summed E-state index contributed by atoms with van der Waals surface area (Å²) in [4.78, 5) is 17.3. The Morgan fingerprint density at radius 3 is 2.88 bits per heavy atom. The van der Waals surface area contributed by atoms with E-state index in [2.05, 4.69) is 9.97 Å². The Balaban J connectivity index is 2.77. The van der Waals surface area contributed by atoms with Crippen molar-refractivity contribution in [2.45, 2.75) is 13.0 Å². The highest BCUT2D eigenvalue weighted by molar-refractivity contribution is 6.33. The molecular formula is C9H9ClN4O2. The number of hydrogen-bond acceptors (Lipinski definition) is 4. The molecule has 1 heterocycles. The number of fused-ring (bicyclic) bond motifs is 1. The minimum Gasteiger partial charge on any atom is -0.340 e. The molecule has 0 fully saturated rings. The van der Waals surface area contributed by atoms with Crippen LogP contribution in [-0.4, -0.2) is 14.9 Å². The first-order valence-electron chi connectivity index (χ1n) is 4.58. The van der Waals surface area contributed by atoms with Crippen molar-refractivity contribution >= 4 is 28.3 Å². The number of benzene rings is 1. The number of aromatic nitrogens is 2. The fourth-order valence-corrected chi connectivity index (χ4v) is 1.67. The monoisotopic (exact) mass is 240 g/mol. The summed E-state index contributed by atoms with van der Waals surface area (Å²) >= 11 is 5.76. The number of aromatic amines is 1. The van der Waals surface area contributed by atoms with Crippen LogP contribution in [0.1, 0.15) is 18.8 Å². The summed E-state index contributed by atoms with van der Waals surface area (Å²) in [7, 11) is 0. The first-order chi connectivity index (χ1) is 7.50. The summed E-state index contributed by atoms with van der Waals surface area (Å²) in [5, 5.41) is 10.9. The summed E-state index contributed by atoms with van der Waals surface area (Å²) in [6.45, 7) is 1.74. The Morgan fingerprint density at radius 1 is 1.62 bits per heavy atom. The fourth-order valence-electron chi connectivity index (χ4n) is 1.44. The summed E-state index contributed by atoms with van der Waals surface area (Å²) in [6, 6.07) is 2.79. The number of H-pyrrole nitrogens is 1. The van der Waals surface area contributed by atoms with E-state index < -0.39 is 4.92 Å². The minimum absolute atomic E-state index is 0.0697. The van der Waals surface area contributed by atoms with Crippen molar-refractivity contribution in [2.75, 3.05) is 0 Å². The zero-order valence-corrected chi connectivity index (χ0v) is 9.15. The normalized spacial score (nSPS) is 12.9. The van der Waals surface area contributed by atoms with Crippen LogP contribution in [0.25, 0.3) is 11.0 Å². The Labute approximate surface area is 95.6 Å². The molecule has 7 heteroatoms. The highest BCUT2D eigenvalue weighted by Gasteiger charge is 2.21. The third-order valence-electron chi connectivity index (χ3n) is 2.21. The quantitative estimate of drug-likeness (QED) is 0.621. The van der Waals surface area contributed by atoms with Gasteiger partial charge in [-0.1, -0.05) is 11.6 Å². The lowest BCUT2D eigenvalue weighted by molar-refractivity contribution is -0.383. The number of nitro groups is 1. The first-order valence-corrected chi connectivity index (χ1v) is 4.96. The second-order valence-corrected chi connectivity index (χ2v) is 3.87. The summed E-state index contributed by atoms with van der Waals surface area (Å²) in [6.07, 6.45) is 0. The molecule has 2 aromatic rings. The Hall–Kier alpha value is -1.66. The van der Waals surface area contributed by atoms with Gasteiger partial charge in [-0.05, 0) is 19.1 Å². The number of rotatable bonds is 2. The fraction of sp³-hybridized carbons (Fsp3) is 0.222. The van der Waals surface area contributed by atoms with E-state index in [1.807, 2.05) is 0 Å². The topological polar surface area (TPSA) is 97.8 Å². The van der Waals surface area contributed by atoms with Crippen LogP contribution in [0.3, 0.4) is 0 Å². The van der Waals surface area contributed by atoms with E-state index in [-0.39, 0.29) is 22.3 Å². The highest BCUT2D eigenvalue weighted by Crippen LogP contribution is 2.32. The van der Waals surface area contributed by atoms with Crippen molar-refractivity contribution in [1.82, 2.24) is 9.97 Å². The molecule has 0 saturated heterocycles. The van der Waals surface area contributed by atoms with Crippen molar-refractivity contribution in [2.24, 2.45) is 5.73 Å². The van der Waals surface area contributed by atoms with Crippen molar-refractivity contribution in [3.8, 4) is 0 Å². The third kappa shape index (κ3) is 1.62. The van der Waals surface area contributed by atoms with Gasteiger partial charge in [-0.25, -0.2) is 4.98 Å². The van der Waals surface area contributed by atoms with Gasteiger partial charge < -0.3 is 10.7 Å². The Kier molecular flexibility index (Phi) is 2.53. The van der Waals surface area contributed by atoms with E-state index in [9.17, 15) is 10.1 Å². The van der Waals surface area contributed by atoms with Crippen LogP contribution in [0.5, 0.6) is 0 Å². The second-order valence-electron chi connectivity index (χ2n) is 3.46. The van der Waals surface area contributed by atoms with Gasteiger partial charge in [0, 0.05) is 0 Å². The average molecular weight is 241 g/mol. The van der Waals surface area contributed by atoms with Crippen molar-refractivity contribution < 1.29 is 4.92 Å². The Morgan fingerprint density at radius 2 is 2.31 bits per heavy atom. The molecule has 1 aromatic carbocycles. The number of nitrogens with one attached hydrogen (secondary N) is 1. The van der Waals surface area contributed by atoms with Crippen molar-refractivity contribution in [3.05, 3.63) is 33.1 Å². The molecule has 0 amide bonds. The highest BCUT2D eigenvalue weighted by atomic mass is 35.5. The molecule has 0 aliphatic heterocycles. The van der Waals surface area contributed by atoms with Crippen LogP contribution in [0.4, 0.5) is 5.69 Å². The van der Waals surface area contributed by atoms with Crippen molar-refractivity contribution in [1.29, 1.82) is 0 Å². The molecule has 6 nitrogen and oxygen atoms in total. The number of hydrogen-bond donors (Lipinski definition) is 2. The van der Waals surface area contributed by atoms with Gasteiger partial charge in [0.2, 0.25) is 0 Å². The first kappa shape index (κ1) is 10.8. The van der Waals surface area contributed by atoms with Gasteiger partial charge in [-0.2, -0.15) is 0 Å². The van der Waals surface area contributed by atoms with Crippen LogP contribution >= 0.6 is 11.6 Å². The molecular weight excluding hydrogens is 232 g/mol. The molecule has 2 rings (SSSR count). The summed E-state index contributed by atoms with van der Waals surface area (Å²) in [5.74, 6) is 0.500. The number of nitro benzene ring substituents is 1. The molecule has 0 radical (unpaired) electrons. The van der Waals surface area contributed by atoms with Crippen LogP contribution in [-0.2, 0) is 0 Å². The predicted molar refractivity (Wildman–Crippen MR) is 60.4 cm³/mol. The number of imidazole rings is 1. The molecule has 0 bridgehead atoms. The molecule has 1 atom stereocenters. The largest absolute Gasteiger partial charge is 0.340 e. The van der Waals surface area contributed by atoms with E-state index >= 15 is 0 Å². The minimum atomic E-state index is -0.545. The van der Waals surface area contributed by atoms with Gasteiger partial charge in [0.25, 0.3) is 0 Å². The predicted octanol–water partition coefficient (Wildman–Crippen LogP) is 2.14. The molecule has 1 aromatic heterocycles. The number of nitrogens with two attached hydrogens (primary N) is 1. The summed E-state index contributed by atoms with van der Waals surface area (Å²) in [5.41, 5.74) is 6.25. The van der Waals surface area contributed by atoms with Gasteiger partial charge in [0.1, 0.15) is 10.8 Å². The standard InChI is InChI=1S/C9H9ClN4O2/c1-4(11)9-12-6-3-2-5(10)8(14(15)16)7(6)13-9/h2-4H,11H2,1H3,(H,12,13)/t4-/m1/s1. The van der Waals surface area contributed by atoms with Gasteiger partial charge in [0.15, 0.2) is 5.52 Å². The molecule has 0 saturated carbocycles. The van der Waals surface area contributed by atoms with Gasteiger partial charge in [-0.3, -0.25) is 10.1 Å². The SMILES string of the molecule is C[C@@H](N)c1nc2c([N+](=O)[O-])c(Cl)ccc2[nH]1. The van der Waals surface area contributed by atoms with Crippen LogP contribution in [0.2, 0.25) is 5.02 Å². The molecule has 0 unspecified atom stereocenters. The lowest BCUT2D eigenvalue weighted by Crippen LogP contribution is -2.06. The van der Waals surface area contributed by atoms with E-state index in [1.54, 1.807) is 13.0 Å². The smallest absolute Gasteiger partial charge is 0.315 e. The average Bonchev–Trinajstić information content (AvgIpc) is 2.60. The van der Waals surface area contributed by atoms with E-state index in [1.165, 1.54) is 6.07 Å². The number of halogens is 1. The maximum absolute atomic E-state index is 10.9. The van der Waals surface area contributed by atoms with Crippen LogP contribution < -0.4 is 5.73 Å². The lowest BCUT2D eigenvalue weighted by atomic mass is 10.3. The Bertz CT molecular complexity index is 564. The van der Waals surface area contributed by atoms with E-state index in [0.717, 1.165) is 0 Å². The molecule has 84 valence electrons. The molecule has 0 aliphatic rings.